The van der Waals surface area contributed by atoms with Crippen molar-refractivity contribution >= 4 is 23.6 Å². The number of halogens is 1. The zero-order valence-corrected chi connectivity index (χ0v) is 12.1. The summed E-state index contributed by atoms with van der Waals surface area (Å²) in [7, 11) is 0. The third-order valence-electron chi connectivity index (χ3n) is 3.72. The van der Waals surface area contributed by atoms with Gasteiger partial charge in [-0.3, -0.25) is 9.69 Å². The van der Waals surface area contributed by atoms with Crippen LogP contribution in [0.25, 0.3) is 0 Å². The fourth-order valence-corrected chi connectivity index (χ4v) is 3.92. The number of thioether (sulfide) groups is 1. The lowest BCUT2D eigenvalue weighted by Crippen LogP contribution is -2.68. The summed E-state index contributed by atoms with van der Waals surface area (Å²) in [6, 6.07) is 3.22. The summed E-state index contributed by atoms with van der Waals surface area (Å²) in [5.74, 6) is -2.42. The second-order valence-corrected chi connectivity index (χ2v) is 6.26. The van der Waals surface area contributed by atoms with Crippen molar-refractivity contribution in [3.63, 3.8) is 0 Å². The third-order valence-corrected chi connectivity index (χ3v) is 5.08. The lowest BCUT2D eigenvalue weighted by atomic mass is 9.99. The zero-order valence-electron chi connectivity index (χ0n) is 11.3. The van der Waals surface area contributed by atoms with Crippen molar-refractivity contribution in [2.24, 2.45) is 5.73 Å². The molecule has 1 aromatic rings. The van der Waals surface area contributed by atoms with Crippen molar-refractivity contribution in [2.75, 3.05) is 5.75 Å². The number of carboxylic acids is 1. The van der Waals surface area contributed by atoms with E-state index in [-0.39, 0.29) is 17.5 Å². The molecular weight excluding hydrogens is 311 g/mol. The number of carboxylic acid groups (broad SMARTS) is 1. The van der Waals surface area contributed by atoms with E-state index < -0.39 is 29.5 Å². The number of aliphatic carboxylic acids is 1. The highest BCUT2D eigenvalue weighted by Gasteiger charge is 2.51. The monoisotopic (exact) mass is 324 g/mol. The molecule has 1 amide bonds. The van der Waals surface area contributed by atoms with Gasteiger partial charge in [0.05, 0.1) is 0 Å². The Bertz CT molecular complexity index is 706. The molecule has 8 heteroatoms. The molecule has 0 aliphatic carbocycles. The molecule has 0 aromatic heterocycles. The Morgan fingerprint density at radius 1 is 1.50 bits per heavy atom. The van der Waals surface area contributed by atoms with Crippen molar-refractivity contribution in [2.45, 2.75) is 17.8 Å². The number of hydrogen-bond acceptors (Lipinski definition) is 5. The molecular formula is C14H13FN2O4S. The van der Waals surface area contributed by atoms with E-state index >= 15 is 0 Å². The van der Waals surface area contributed by atoms with Crippen molar-refractivity contribution in [1.29, 1.82) is 0 Å². The fourth-order valence-electron chi connectivity index (χ4n) is 2.62. The lowest BCUT2D eigenvalue weighted by molar-refractivity contribution is -0.148. The SMILES string of the molecule is NC1C(=O)N2C(C(=O)O)=C(Cc3ccc(O)c(F)c3)CS[C@@H]12. The normalized spacial score (nSPS) is 24.1. The first-order chi connectivity index (χ1) is 10.4. The Kier molecular flexibility index (Phi) is 3.57. The number of amides is 1. The molecule has 0 radical (unpaired) electrons. The lowest BCUT2D eigenvalue weighted by Gasteiger charge is -2.48. The minimum atomic E-state index is -1.19. The van der Waals surface area contributed by atoms with Gasteiger partial charge in [-0.1, -0.05) is 6.07 Å². The smallest absolute Gasteiger partial charge is 0.352 e. The molecule has 3 rings (SSSR count). The van der Waals surface area contributed by atoms with Crippen LogP contribution in [-0.2, 0) is 16.0 Å². The molecule has 0 bridgehead atoms. The van der Waals surface area contributed by atoms with E-state index in [1.54, 1.807) is 0 Å². The topological polar surface area (TPSA) is 104 Å². The number of β-lactam (4-membered cyclic amide) rings is 1. The second kappa shape index (κ2) is 5.29. The van der Waals surface area contributed by atoms with E-state index in [4.69, 9.17) is 5.73 Å². The van der Waals surface area contributed by atoms with Crippen molar-refractivity contribution in [1.82, 2.24) is 4.90 Å². The molecule has 2 aliphatic rings. The first-order valence-electron chi connectivity index (χ1n) is 6.53. The summed E-state index contributed by atoms with van der Waals surface area (Å²) in [5.41, 5.74) is 6.66. The van der Waals surface area contributed by atoms with E-state index in [1.807, 2.05) is 0 Å². The number of phenolic OH excluding ortho intramolecular Hbond substituents is 1. The number of benzene rings is 1. The van der Waals surface area contributed by atoms with Gasteiger partial charge in [-0.05, 0) is 29.7 Å². The van der Waals surface area contributed by atoms with Gasteiger partial charge >= 0.3 is 5.97 Å². The van der Waals surface area contributed by atoms with Gasteiger partial charge < -0.3 is 15.9 Å². The van der Waals surface area contributed by atoms with Crippen molar-refractivity contribution < 1.29 is 24.2 Å². The van der Waals surface area contributed by atoms with Crippen LogP contribution in [0.1, 0.15) is 5.56 Å². The number of phenols is 1. The molecule has 2 aliphatic heterocycles. The molecule has 1 fully saturated rings. The van der Waals surface area contributed by atoms with Gasteiger partial charge in [0.2, 0.25) is 5.91 Å². The molecule has 1 aromatic carbocycles. The number of rotatable bonds is 3. The zero-order chi connectivity index (χ0) is 16.0. The van der Waals surface area contributed by atoms with E-state index in [2.05, 4.69) is 0 Å². The van der Waals surface area contributed by atoms with Crippen LogP contribution in [0.5, 0.6) is 5.75 Å². The summed E-state index contributed by atoms with van der Waals surface area (Å²) in [4.78, 5) is 24.5. The number of hydrogen-bond donors (Lipinski definition) is 3. The van der Waals surface area contributed by atoms with Gasteiger partial charge in [0.25, 0.3) is 0 Å². The van der Waals surface area contributed by atoms with Crippen molar-refractivity contribution in [3.05, 3.63) is 40.8 Å². The van der Waals surface area contributed by atoms with E-state index in [1.165, 1.54) is 28.8 Å². The highest BCUT2D eigenvalue weighted by Crippen LogP contribution is 2.40. The molecule has 0 saturated carbocycles. The van der Waals surface area contributed by atoms with Gasteiger partial charge in [-0.2, -0.15) is 0 Å². The maximum Gasteiger partial charge on any atom is 0.352 e. The molecule has 4 N–H and O–H groups in total. The minimum absolute atomic E-state index is 0.0658. The Morgan fingerprint density at radius 3 is 2.86 bits per heavy atom. The molecule has 22 heavy (non-hydrogen) atoms. The minimum Gasteiger partial charge on any atom is -0.505 e. The summed E-state index contributed by atoms with van der Waals surface area (Å²) in [6.45, 7) is 0. The van der Waals surface area contributed by atoms with Gasteiger partial charge in [-0.15, -0.1) is 11.8 Å². The van der Waals surface area contributed by atoms with Gasteiger partial charge in [0.1, 0.15) is 17.1 Å². The quantitative estimate of drug-likeness (QED) is 0.706. The van der Waals surface area contributed by atoms with Crippen LogP contribution >= 0.6 is 11.8 Å². The Labute approximate surface area is 129 Å². The highest BCUT2D eigenvalue weighted by atomic mass is 32.2. The second-order valence-electron chi connectivity index (χ2n) is 5.16. The van der Waals surface area contributed by atoms with Gasteiger partial charge in [0.15, 0.2) is 11.6 Å². The van der Waals surface area contributed by atoms with Crippen LogP contribution < -0.4 is 5.73 Å². The molecule has 1 saturated heterocycles. The Hall–Kier alpha value is -2.06. The number of fused-ring (bicyclic) bond motifs is 1. The van der Waals surface area contributed by atoms with Gasteiger partial charge in [-0.25, -0.2) is 9.18 Å². The molecule has 2 heterocycles. The average Bonchev–Trinajstić information content (AvgIpc) is 2.49. The van der Waals surface area contributed by atoms with E-state index in [0.717, 1.165) is 6.07 Å². The first-order valence-corrected chi connectivity index (χ1v) is 7.58. The Morgan fingerprint density at radius 2 is 2.23 bits per heavy atom. The van der Waals surface area contributed by atoms with Crippen LogP contribution in [0, 0.1) is 5.82 Å². The van der Waals surface area contributed by atoms with Crippen molar-refractivity contribution in [3.8, 4) is 5.75 Å². The maximum absolute atomic E-state index is 13.4. The molecule has 2 atom stereocenters. The van der Waals surface area contributed by atoms with E-state index in [9.17, 15) is 24.2 Å². The first kappa shape index (κ1) is 14.9. The summed E-state index contributed by atoms with van der Waals surface area (Å²) < 4.78 is 13.4. The highest BCUT2D eigenvalue weighted by molar-refractivity contribution is 8.00. The third kappa shape index (κ3) is 2.24. The van der Waals surface area contributed by atoms with E-state index in [0.29, 0.717) is 16.9 Å². The standard InChI is InChI=1S/C14H13FN2O4S/c15-8-4-6(1-2-9(8)18)3-7-5-22-13-10(16)12(19)17(13)11(7)14(20)21/h1-2,4,10,13,18H,3,5,16H2,(H,20,21)/t10?,13-/m0/s1. The number of nitrogens with zero attached hydrogens (tertiary/aromatic N) is 1. The van der Waals surface area contributed by atoms with Crippen LogP contribution in [-0.4, -0.2) is 44.2 Å². The predicted molar refractivity (Wildman–Crippen MR) is 77.5 cm³/mol. The molecule has 6 nitrogen and oxygen atoms in total. The maximum atomic E-state index is 13.4. The average molecular weight is 324 g/mol. The number of nitrogens with two attached hydrogens (primary N) is 1. The summed E-state index contributed by atoms with van der Waals surface area (Å²) >= 11 is 1.40. The van der Waals surface area contributed by atoms with Crippen LogP contribution in [0.4, 0.5) is 4.39 Å². The van der Waals surface area contributed by atoms with Gasteiger partial charge in [0, 0.05) is 5.75 Å². The Balaban J connectivity index is 1.94. The van der Waals surface area contributed by atoms with Crippen LogP contribution in [0.2, 0.25) is 0 Å². The largest absolute Gasteiger partial charge is 0.505 e. The predicted octanol–water partition coefficient (Wildman–Crippen LogP) is 0.655. The summed E-state index contributed by atoms with van der Waals surface area (Å²) in [6.07, 6.45) is 0.192. The number of carbonyl (C=O) groups is 2. The molecule has 1 unspecified atom stereocenters. The number of aromatic hydroxyl groups is 1. The van der Waals surface area contributed by atoms with Crippen LogP contribution in [0.3, 0.4) is 0 Å². The van der Waals surface area contributed by atoms with Crippen LogP contribution in [0.15, 0.2) is 29.5 Å². The number of carbonyl (C=O) groups excluding carboxylic acids is 1. The molecule has 0 spiro atoms. The molecule has 116 valence electrons. The summed E-state index contributed by atoms with van der Waals surface area (Å²) in [5, 5.41) is 18.2. The fraction of sp³-hybridized carbons (Fsp3) is 0.286.